The van der Waals surface area contributed by atoms with Gasteiger partial charge in [-0.3, -0.25) is 9.59 Å². The molecule has 4 rings (SSSR count). The molecule has 0 N–H and O–H groups in total. The number of esters is 2. The van der Waals surface area contributed by atoms with Gasteiger partial charge in [-0.15, -0.1) is 0 Å². The molecule has 0 atom stereocenters. The number of ether oxygens (including phenoxy) is 2. The molecule has 0 radical (unpaired) electrons. The zero-order valence-electron chi connectivity index (χ0n) is 18.3. The smallest absolute Gasteiger partial charge is 0.310 e. The van der Waals surface area contributed by atoms with Crippen LogP contribution in [0.5, 0.6) is 0 Å². The molecule has 0 aliphatic rings. The molecule has 34 heavy (non-hydrogen) atoms. The van der Waals surface area contributed by atoms with Gasteiger partial charge in [-0.2, -0.15) is 0 Å². The predicted octanol–water partition coefficient (Wildman–Crippen LogP) is 3.47. The van der Waals surface area contributed by atoms with E-state index in [2.05, 4.69) is 0 Å². The van der Waals surface area contributed by atoms with Gasteiger partial charge in [0.2, 0.25) is 0 Å². The van der Waals surface area contributed by atoms with Crippen molar-refractivity contribution in [2.24, 2.45) is 0 Å². The van der Waals surface area contributed by atoms with Crippen LogP contribution in [0.15, 0.2) is 84.9 Å². The lowest BCUT2D eigenvalue weighted by Gasteiger charge is -2.19. The summed E-state index contributed by atoms with van der Waals surface area (Å²) in [6, 6.07) is 24.3. The Morgan fingerprint density at radius 2 is 1.24 bits per heavy atom. The Morgan fingerprint density at radius 3 is 1.82 bits per heavy atom. The third-order valence-electron chi connectivity index (χ3n) is 5.27. The summed E-state index contributed by atoms with van der Waals surface area (Å²) >= 11 is 0. The highest BCUT2D eigenvalue weighted by Gasteiger charge is 2.25. The van der Waals surface area contributed by atoms with Gasteiger partial charge in [-0.05, 0) is 17.2 Å². The van der Waals surface area contributed by atoms with Gasteiger partial charge in [0.15, 0.2) is 6.61 Å². The Bertz CT molecular complexity index is 1370. The second-order valence-electron chi connectivity index (χ2n) is 7.62. The summed E-state index contributed by atoms with van der Waals surface area (Å²) in [6.45, 7) is -0.873. The topological polar surface area (TPSA) is 104 Å². The molecule has 0 aliphatic carbocycles. The second kappa shape index (κ2) is 10.4. The highest BCUT2D eigenvalue weighted by atomic mass is 16.5. The summed E-state index contributed by atoms with van der Waals surface area (Å²) in [5.74, 6) is -1.10. The van der Waals surface area contributed by atoms with Crippen LogP contribution in [0, 0.1) is 10.1 Å². The van der Waals surface area contributed by atoms with Gasteiger partial charge in [-0.1, -0.05) is 72.8 Å². The third-order valence-corrected chi connectivity index (χ3v) is 5.27. The molecule has 4 aromatic rings. The van der Waals surface area contributed by atoms with Crippen molar-refractivity contribution < 1.29 is 23.5 Å². The van der Waals surface area contributed by atoms with E-state index in [-0.39, 0.29) is 35.3 Å². The summed E-state index contributed by atoms with van der Waals surface area (Å²) < 4.78 is 11.7. The van der Waals surface area contributed by atoms with E-state index in [1.165, 1.54) is 12.1 Å². The van der Waals surface area contributed by atoms with Crippen molar-refractivity contribution in [2.45, 2.75) is 26.1 Å². The molecule has 0 unspecified atom stereocenters. The number of nitrogens with zero attached hydrogens (tertiary/aromatic N) is 2. The Hall–Kier alpha value is -4.46. The molecular weight excluding hydrogens is 436 g/mol. The Labute approximate surface area is 195 Å². The fraction of sp³-hybridized carbons (Fsp3) is 0.154. The second-order valence-corrected chi connectivity index (χ2v) is 7.62. The quantitative estimate of drug-likeness (QED) is 0.296. The van der Waals surface area contributed by atoms with E-state index >= 15 is 0 Å². The van der Waals surface area contributed by atoms with Gasteiger partial charge in [0.25, 0.3) is 11.2 Å². The molecule has 0 amide bonds. The molecule has 0 saturated carbocycles. The maximum atomic E-state index is 13.0. The van der Waals surface area contributed by atoms with Crippen molar-refractivity contribution in [2.75, 3.05) is 0 Å². The van der Waals surface area contributed by atoms with Gasteiger partial charge in [0, 0.05) is 11.0 Å². The third kappa shape index (κ3) is 5.29. The van der Waals surface area contributed by atoms with Crippen molar-refractivity contribution in [1.29, 1.82) is 0 Å². The van der Waals surface area contributed by atoms with Crippen molar-refractivity contribution in [1.82, 2.24) is 4.73 Å². The maximum absolute atomic E-state index is 13.0. The molecule has 1 heterocycles. The highest BCUT2D eigenvalue weighted by molar-refractivity contribution is 5.74. The first-order valence-corrected chi connectivity index (χ1v) is 10.7. The number of carbonyl (C=O) groups is 2. The largest absolute Gasteiger partial charge is 0.805 e. The number of aromatic nitrogens is 2. The molecular formula is C26H22N2O6. The number of fused-ring (bicyclic) bond motifs is 1. The van der Waals surface area contributed by atoms with Gasteiger partial charge >= 0.3 is 11.9 Å². The number of hydrogen-bond donors (Lipinski definition) is 0. The van der Waals surface area contributed by atoms with Gasteiger partial charge in [0.1, 0.15) is 17.8 Å². The normalized spacial score (nSPS) is 10.7. The molecule has 3 aromatic carbocycles. The highest BCUT2D eigenvalue weighted by Crippen LogP contribution is 2.17. The van der Waals surface area contributed by atoms with Crippen LogP contribution in [0.4, 0.5) is 0 Å². The van der Waals surface area contributed by atoms with Crippen LogP contribution >= 0.6 is 0 Å². The zero-order chi connectivity index (χ0) is 23.9. The van der Waals surface area contributed by atoms with Crippen LogP contribution in [0.25, 0.3) is 11.0 Å². The number of hydrogen-bond acceptors (Lipinski definition) is 6. The maximum Gasteiger partial charge on any atom is 0.310 e. The first-order valence-electron chi connectivity index (χ1n) is 10.7. The fourth-order valence-electron chi connectivity index (χ4n) is 3.54. The molecule has 0 bridgehead atoms. The molecule has 8 nitrogen and oxygen atoms in total. The van der Waals surface area contributed by atoms with Crippen molar-refractivity contribution in [3.63, 3.8) is 0 Å². The van der Waals surface area contributed by atoms with Gasteiger partial charge < -0.3 is 19.4 Å². The lowest BCUT2D eigenvalue weighted by atomic mass is 10.1. The number of rotatable bonds is 8. The van der Waals surface area contributed by atoms with E-state index in [1.807, 2.05) is 12.1 Å². The molecule has 0 fully saturated rings. The van der Waals surface area contributed by atoms with Crippen molar-refractivity contribution in [3.05, 3.63) is 118 Å². The average Bonchev–Trinajstić information content (AvgIpc) is 2.86. The number of benzene rings is 3. The molecule has 8 heteroatoms. The summed E-state index contributed by atoms with van der Waals surface area (Å²) in [5.41, 5.74) is 1.56. The standard InChI is InChI=1S/C26H22N2O6/c29-25(15-19-9-3-1-4-10-19)33-17-23-24(18-34-26(30)16-20-11-5-2-6-12-20)28(32)22-14-8-7-13-21(22)27(23)31/h1-14H,15-18H2. The average molecular weight is 458 g/mol. The number of carbonyl (C=O) groups excluding carboxylic acids is 2. The van der Waals surface area contributed by atoms with E-state index in [4.69, 9.17) is 9.47 Å². The van der Waals surface area contributed by atoms with E-state index in [0.29, 0.717) is 9.16 Å². The van der Waals surface area contributed by atoms with Crippen molar-refractivity contribution in [3.8, 4) is 0 Å². The molecule has 172 valence electrons. The van der Waals surface area contributed by atoms with Gasteiger partial charge in [-0.25, -0.2) is 0 Å². The van der Waals surface area contributed by atoms with Gasteiger partial charge in [0.05, 0.1) is 17.3 Å². The molecule has 1 aromatic heterocycles. The van der Waals surface area contributed by atoms with E-state index in [0.717, 1.165) is 11.1 Å². The van der Waals surface area contributed by atoms with E-state index < -0.39 is 25.2 Å². The molecule has 0 aliphatic heterocycles. The Kier molecular flexibility index (Phi) is 6.98. The summed E-state index contributed by atoms with van der Waals surface area (Å²) in [6.07, 6.45) is 0.0398. The lowest BCUT2D eigenvalue weighted by Crippen LogP contribution is -2.30. The van der Waals surface area contributed by atoms with Crippen LogP contribution in [-0.4, -0.2) is 16.7 Å². The molecule has 0 saturated heterocycles. The molecule has 0 spiro atoms. The lowest BCUT2D eigenvalue weighted by molar-refractivity contribution is -0.479. The minimum absolute atomic E-state index is 0.0199. The summed E-state index contributed by atoms with van der Waals surface area (Å²) in [5, 5.41) is 13.0. The Balaban J connectivity index is 1.56. The van der Waals surface area contributed by atoms with E-state index in [9.17, 15) is 19.7 Å². The van der Waals surface area contributed by atoms with Crippen LogP contribution < -0.4 is 4.43 Å². The minimum Gasteiger partial charge on any atom is -0.805 e. The predicted molar refractivity (Wildman–Crippen MR) is 124 cm³/mol. The first-order chi connectivity index (χ1) is 16.5. The summed E-state index contributed by atoms with van der Waals surface area (Å²) in [4.78, 5) is 37.7. The fourth-order valence-corrected chi connectivity index (χ4v) is 3.54. The SMILES string of the molecule is O=C(Cc1ccccc1)OCc1c(COC(=O)Cc2ccccc2)[n+](=O)c2ccccc2n1[O-]. The monoisotopic (exact) mass is 458 g/mol. The zero-order valence-corrected chi connectivity index (χ0v) is 18.3. The van der Waals surface area contributed by atoms with Crippen LogP contribution in [0.3, 0.4) is 0 Å². The first kappa shape index (κ1) is 22.7. The minimum atomic E-state index is -0.552. The van der Waals surface area contributed by atoms with Crippen LogP contribution in [0.1, 0.15) is 22.5 Å². The Morgan fingerprint density at radius 1 is 0.735 bits per heavy atom. The van der Waals surface area contributed by atoms with Crippen LogP contribution in [0.2, 0.25) is 0 Å². The number of para-hydroxylation sites is 2. The van der Waals surface area contributed by atoms with Crippen molar-refractivity contribution >= 4 is 23.0 Å². The van der Waals surface area contributed by atoms with Crippen LogP contribution in [-0.2, 0) is 45.1 Å². The van der Waals surface area contributed by atoms with E-state index in [1.54, 1.807) is 60.7 Å². The summed E-state index contributed by atoms with van der Waals surface area (Å²) in [7, 11) is 0.